The maximum Gasteiger partial charge on any atom is 0.266 e. The molecule has 0 amide bonds. The minimum Gasteiger partial charge on any atom is -0.494 e. The van der Waals surface area contributed by atoms with Gasteiger partial charge in [-0.1, -0.05) is 24.3 Å². The summed E-state index contributed by atoms with van der Waals surface area (Å²) in [5.74, 6) is 2.49. The molecule has 0 spiro atoms. The van der Waals surface area contributed by atoms with Gasteiger partial charge in [-0.3, -0.25) is 9.36 Å². The van der Waals surface area contributed by atoms with Crippen LogP contribution in [0, 0.1) is 0 Å². The zero-order chi connectivity index (χ0) is 22.5. The molecule has 162 valence electrons. The van der Waals surface area contributed by atoms with Crippen molar-refractivity contribution in [1.82, 2.24) is 9.55 Å². The molecule has 1 aromatic heterocycles. The Morgan fingerprint density at radius 2 is 1.69 bits per heavy atom. The van der Waals surface area contributed by atoms with Crippen LogP contribution in [-0.2, 0) is 0 Å². The van der Waals surface area contributed by atoms with Gasteiger partial charge in [0.05, 0.1) is 37.4 Å². The van der Waals surface area contributed by atoms with Crippen molar-refractivity contribution in [1.29, 1.82) is 0 Å². The minimum atomic E-state index is -0.142. The lowest BCUT2D eigenvalue weighted by molar-refractivity contribution is 0.340. The van der Waals surface area contributed by atoms with E-state index in [-0.39, 0.29) is 5.56 Å². The van der Waals surface area contributed by atoms with E-state index in [0.29, 0.717) is 40.5 Å². The van der Waals surface area contributed by atoms with Gasteiger partial charge in [-0.05, 0) is 61.5 Å². The fraction of sp³-hybridized carbons (Fsp3) is 0.154. The average molecular weight is 428 g/mol. The first-order valence-corrected chi connectivity index (χ1v) is 10.3. The molecular formula is C26H24N2O4. The van der Waals surface area contributed by atoms with E-state index >= 15 is 0 Å². The topological polar surface area (TPSA) is 62.6 Å². The van der Waals surface area contributed by atoms with Gasteiger partial charge in [0.15, 0.2) is 11.5 Å². The summed E-state index contributed by atoms with van der Waals surface area (Å²) in [6.07, 6.45) is 3.67. The van der Waals surface area contributed by atoms with Crippen LogP contribution in [0.15, 0.2) is 71.5 Å². The molecule has 1 heterocycles. The number of para-hydroxylation sites is 2. The van der Waals surface area contributed by atoms with Gasteiger partial charge in [-0.2, -0.15) is 0 Å². The lowest BCUT2D eigenvalue weighted by Crippen LogP contribution is -2.22. The highest BCUT2D eigenvalue weighted by Gasteiger charge is 2.12. The smallest absolute Gasteiger partial charge is 0.266 e. The van der Waals surface area contributed by atoms with Crippen molar-refractivity contribution in [3.63, 3.8) is 0 Å². The largest absolute Gasteiger partial charge is 0.494 e. The van der Waals surface area contributed by atoms with Crippen molar-refractivity contribution in [2.45, 2.75) is 6.92 Å². The number of aromatic nitrogens is 2. The zero-order valence-corrected chi connectivity index (χ0v) is 18.2. The van der Waals surface area contributed by atoms with Gasteiger partial charge in [0, 0.05) is 5.56 Å². The number of benzene rings is 3. The Kier molecular flexibility index (Phi) is 6.22. The first-order chi connectivity index (χ1) is 15.7. The van der Waals surface area contributed by atoms with Gasteiger partial charge < -0.3 is 14.2 Å². The fourth-order valence-electron chi connectivity index (χ4n) is 3.58. The summed E-state index contributed by atoms with van der Waals surface area (Å²) in [5, 5.41) is 0.553. The number of hydrogen-bond acceptors (Lipinski definition) is 5. The van der Waals surface area contributed by atoms with Crippen molar-refractivity contribution in [3.05, 3.63) is 88.5 Å². The summed E-state index contributed by atoms with van der Waals surface area (Å²) in [5.41, 5.74) is 2.01. The number of rotatable bonds is 7. The van der Waals surface area contributed by atoms with Gasteiger partial charge in [-0.25, -0.2) is 4.98 Å². The average Bonchev–Trinajstić information content (AvgIpc) is 2.83. The van der Waals surface area contributed by atoms with E-state index in [9.17, 15) is 4.79 Å². The predicted molar refractivity (Wildman–Crippen MR) is 127 cm³/mol. The third-order valence-corrected chi connectivity index (χ3v) is 5.05. The van der Waals surface area contributed by atoms with E-state index in [4.69, 9.17) is 19.2 Å². The molecule has 0 saturated heterocycles. The molecule has 4 rings (SSSR count). The van der Waals surface area contributed by atoms with Crippen LogP contribution in [0.25, 0.3) is 28.7 Å². The van der Waals surface area contributed by atoms with Crippen LogP contribution >= 0.6 is 0 Å². The first kappa shape index (κ1) is 21.2. The van der Waals surface area contributed by atoms with Crippen LogP contribution in [0.5, 0.6) is 17.2 Å². The van der Waals surface area contributed by atoms with Crippen molar-refractivity contribution < 1.29 is 14.2 Å². The standard InChI is InChI=1S/C26H24N2O4/c1-4-32-20-15-13-19(14-16-20)28-24(27-22-10-6-5-9-21(22)26(28)29)17-12-18-8-7-11-23(30-2)25(18)31-3/h5-17H,4H2,1-3H3/b17-12+. The van der Waals surface area contributed by atoms with Crippen LogP contribution in [0.2, 0.25) is 0 Å². The molecular weight excluding hydrogens is 404 g/mol. The SMILES string of the molecule is CCOc1ccc(-n2c(/C=C/c3cccc(OC)c3OC)nc3ccccc3c2=O)cc1. The second-order valence-corrected chi connectivity index (χ2v) is 6.97. The highest BCUT2D eigenvalue weighted by molar-refractivity contribution is 5.80. The number of methoxy groups -OCH3 is 2. The molecule has 32 heavy (non-hydrogen) atoms. The molecule has 0 atom stereocenters. The Labute approximate surface area is 186 Å². The van der Waals surface area contributed by atoms with Gasteiger partial charge in [-0.15, -0.1) is 0 Å². The molecule has 6 nitrogen and oxygen atoms in total. The molecule has 0 aliphatic rings. The van der Waals surface area contributed by atoms with E-state index in [1.807, 2.05) is 79.7 Å². The zero-order valence-electron chi connectivity index (χ0n) is 18.2. The second-order valence-electron chi connectivity index (χ2n) is 6.97. The van der Waals surface area contributed by atoms with Crippen LogP contribution < -0.4 is 19.8 Å². The molecule has 0 bridgehead atoms. The molecule has 0 N–H and O–H groups in total. The normalized spacial score (nSPS) is 11.1. The first-order valence-electron chi connectivity index (χ1n) is 10.3. The van der Waals surface area contributed by atoms with Crippen LogP contribution in [0.1, 0.15) is 18.3 Å². The molecule has 6 heteroatoms. The van der Waals surface area contributed by atoms with Gasteiger partial charge in [0.25, 0.3) is 5.56 Å². The molecule has 3 aromatic carbocycles. The van der Waals surface area contributed by atoms with Crippen molar-refractivity contribution >= 4 is 23.1 Å². The number of fused-ring (bicyclic) bond motifs is 1. The molecule has 0 aliphatic carbocycles. The van der Waals surface area contributed by atoms with Crippen molar-refractivity contribution in [3.8, 4) is 22.9 Å². The van der Waals surface area contributed by atoms with E-state index in [1.165, 1.54) is 0 Å². The van der Waals surface area contributed by atoms with Crippen molar-refractivity contribution in [2.24, 2.45) is 0 Å². The Bertz CT molecular complexity index is 1320. The summed E-state index contributed by atoms with van der Waals surface area (Å²) in [4.78, 5) is 18.2. The third kappa shape index (κ3) is 4.07. The lowest BCUT2D eigenvalue weighted by Gasteiger charge is -2.13. The highest BCUT2D eigenvalue weighted by Crippen LogP contribution is 2.32. The van der Waals surface area contributed by atoms with E-state index in [2.05, 4.69) is 0 Å². The molecule has 0 aliphatic heterocycles. The Balaban J connectivity index is 1.88. The quantitative estimate of drug-likeness (QED) is 0.416. The lowest BCUT2D eigenvalue weighted by atomic mass is 10.1. The van der Waals surface area contributed by atoms with E-state index < -0.39 is 0 Å². The van der Waals surface area contributed by atoms with Crippen LogP contribution in [-0.4, -0.2) is 30.4 Å². The number of hydrogen-bond donors (Lipinski definition) is 0. The van der Waals surface area contributed by atoms with E-state index in [1.54, 1.807) is 24.9 Å². The number of ether oxygens (including phenoxy) is 3. The maximum absolute atomic E-state index is 13.4. The minimum absolute atomic E-state index is 0.142. The molecule has 4 aromatic rings. The van der Waals surface area contributed by atoms with Crippen molar-refractivity contribution in [2.75, 3.05) is 20.8 Å². The Morgan fingerprint density at radius 1 is 0.906 bits per heavy atom. The predicted octanol–water partition coefficient (Wildman–Crippen LogP) is 4.97. The summed E-state index contributed by atoms with van der Waals surface area (Å²) in [6, 6.07) is 20.4. The summed E-state index contributed by atoms with van der Waals surface area (Å²) < 4.78 is 18.0. The second kappa shape index (κ2) is 9.39. The van der Waals surface area contributed by atoms with Gasteiger partial charge >= 0.3 is 0 Å². The number of nitrogens with zero attached hydrogens (tertiary/aromatic N) is 2. The summed E-state index contributed by atoms with van der Waals surface area (Å²) in [7, 11) is 3.19. The maximum atomic E-state index is 13.4. The van der Waals surface area contributed by atoms with Gasteiger partial charge in [0.2, 0.25) is 0 Å². The van der Waals surface area contributed by atoms with Crippen LogP contribution in [0.3, 0.4) is 0 Å². The summed E-state index contributed by atoms with van der Waals surface area (Å²) in [6.45, 7) is 2.51. The van der Waals surface area contributed by atoms with Crippen LogP contribution in [0.4, 0.5) is 0 Å². The molecule has 0 unspecified atom stereocenters. The van der Waals surface area contributed by atoms with E-state index in [0.717, 1.165) is 11.3 Å². The van der Waals surface area contributed by atoms with Gasteiger partial charge in [0.1, 0.15) is 11.6 Å². The molecule has 0 radical (unpaired) electrons. The molecule has 0 fully saturated rings. The Morgan fingerprint density at radius 3 is 2.41 bits per heavy atom. The summed E-state index contributed by atoms with van der Waals surface area (Å²) >= 11 is 0. The third-order valence-electron chi connectivity index (χ3n) is 5.05. The monoisotopic (exact) mass is 428 g/mol. The Hall–Kier alpha value is -4.06. The molecule has 0 saturated carbocycles. The highest BCUT2D eigenvalue weighted by atomic mass is 16.5. The fourth-order valence-corrected chi connectivity index (χ4v) is 3.58.